The number of imidazole rings is 1. The second-order valence-corrected chi connectivity index (χ2v) is 7.67. The Balaban J connectivity index is 1.63. The van der Waals surface area contributed by atoms with Gasteiger partial charge in [0.25, 0.3) is 0 Å². The summed E-state index contributed by atoms with van der Waals surface area (Å²) in [5, 5.41) is 0. The van der Waals surface area contributed by atoms with E-state index in [1.807, 2.05) is 0 Å². The number of fused-ring (bicyclic) bond motifs is 1. The van der Waals surface area contributed by atoms with Crippen molar-refractivity contribution < 1.29 is 0 Å². The van der Waals surface area contributed by atoms with Crippen LogP contribution in [0.4, 0.5) is 0 Å². The highest BCUT2D eigenvalue weighted by Crippen LogP contribution is 2.32. The van der Waals surface area contributed by atoms with E-state index in [4.69, 9.17) is 4.98 Å². The number of likely N-dealkylation sites (tertiary alicyclic amines) is 1. The number of nitrogens with one attached hydrogen (secondary N) is 1. The van der Waals surface area contributed by atoms with E-state index in [1.54, 1.807) is 0 Å². The van der Waals surface area contributed by atoms with Crippen molar-refractivity contribution in [2.24, 2.45) is 0 Å². The predicted molar refractivity (Wildman–Crippen MR) is 102 cm³/mol. The van der Waals surface area contributed by atoms with Gasteiger partial charge in [0, 0.05) is 11.0 Å². The summed E-state index contributed by atoms with van der Waals surface area (Å²) in [5.41, 5.74) is 4.88. The molecule has 0 saturated carbocycles. The van der Waals surface area contributed by atoms with Crippen LogP contribution in [0.1, 0.15) is 42.3 Å². The van der Waals surface area contributed by atoms with Crippen LogP contribution in [0.5, 0.6) is 0 Å². The zero-order valence-corrected chi connectivity index (χ0v) is 15.5. The Bertz CT molecular complexity index is 855. The maximum absolute atomic E-state index is 4.87. The minimum absolute atomic E-state index is 0.380. The molecular formula is C20H22BrN3. The number of hydrogen-bond acceptors (Lipinski definition) is 2. The molecule has 1 aliphatic heterocycles. The van der Waals surface area contributed by atoms with Gasteiger partial charge in [0.1, 0.15) is 5.82 Å². The van der Waals surface area contributed by atoms with Crippen molar-refractivity contribution in [1.82, 2.24) is 14.9 Å². The third kappa shape index (κ3) is 3.26. The van der Waals surface area contributed by atoms with Crippen LogP contribution in [0.15, 0.2) is 46.9 Å². The zero-order valence-electron chi connectivity index (χ0n) is 13.9. The average molecular weight is 384 g/mol. The maximum Gasteiger partial charge on any atom is 0.124 e. The Morgan fingerprint density at radius 2 is 2.12 bits per heavy atom. The minimum Gasteiger partial charge on any atom is -0.341 e. The molecule has 0 spiro atoms. The van der Waals surface area contributed by atoms with Gasteiger partial charge in [0.05, 0.1) is 17.1 Å². The molecule has 1 aliphatic rings. The molecule has 0 radical (unpaired) electrons. The Morgan fingerprint density at radius 3 is 3.00 bits per heavy atom. The number of rotatable bonds is 3. The minimum atomic E-state index is 0.380. The third-order valence-corrected chi connectivity index (χ3v) is 5.35. The van der Waals surface area contributed by atoms with E-state index in [1.165, 1.54) is 30.4 Å². The summed E-state index contributed by atoms with van der Waals surface area (Å²) in [6.07, 6.45) is 3.72. The number of benzene rings is 2. The topological polar surface area (TPSA) is 31.9 Å². The van der Waals surface area contributed by atoms with E-state index >= 15 is 0 Å². The van der Waals surface area contributed by atoms with Crippen LogP contribution >= 0.6 is 15.9 Å². The summed E-state index contributed by atoms with van der Waals surface area (Å²) in [7, 11) is 0. The fourth-order valence-electron chi connectivity index (χ4n) is 3.69. The SMILES string of the molecule is Cc1cccc(CN2CCCCC2c2nc3ccc(Br)cc3[nH]2)c1. The van der Waals surface area contributed by atoms with Crippen molar-refractivity contribution in [3.05, 3.63) is 63.9 Å². The monoisotopic (exact) mass is 383 g/mol. The lowest BCUT2D eigenvalue weighted by molar-refractivity contribution is 0.134. The molecule has 3 nitrogen and oxygen atoms in total. The Morgan fingerprint density at radius 1 is 1.21 bits per heavy atom. The zero-order chi connectivity index (χ0) is 16.5. The Labute approximate surface area is 151 Å². The summed E-state index contributed by atoms with van der Waals surface area (Å²) in [5.74, 6) is 1.11. The Hall–Kier alpha value is -1.65. The van der Waals surface area contributed by atoms with E-state index in [9.17, 15) is 0 Å². The van der Waals surface area contributed by atoms with Gasteiger partial charge in [0.15, 0.2) is 0 Å². The number of halogens is 1. The van der Waals surface area contributed by atoms with Crippen molar-refractivity contribution >= 4 is 27.0 Å². The van der Waals surface area contributed by atoms with E-state index in [-0.39, 0.29) is 0 Å². The summed E-state index contributed by atoms with van der Waals surface area (Å²) in [6.45, 7) is 4.29. The van der Waals surface area contributed by atoms with E-state index in [0.717, 1.165) is 34.4 Å². The van der Waals surface area contributed by atoms with Crippen LogP contribution in [0, 0.1) is 6.92 Å². The lowest BCUT2D eigenvalue weighted by Crippen LogP contribution is -2.33. The molecule has 1 fully saturated rings. The number of nitrogens with zero attached hydrogens (tertiary/aromatic N) is 2. The number of hydrogen-bond donors (Lipinski definition) is 1. The highest BCUT2D eigenvalue weighted by atomic mass is 79.9. The van der Waals surface area contributed by atoms with Crippen LogP contribution in [0.2, 0.25) is 0 Å². The third-order valence-electron chi connectivity index (χ3n) is 4.86. The largest absolute Gasteiger partial charge is 0.341 e. The summed E-state index contributed by atoms with van der Waals surface area (Å²) >= 11 is 3.54. The quantitative estimate of drug-likeness (QED) is 0.659. The number of H-pyrrole nitrogens is 1. The average Bonchev–Trinajstić information content (AvgIpc) is 2.98. The number of aromatic nitrogens is 2. The van der Waals surface area contributed by atoms with Gasteiger partial charge in [-0.15, -0.1) is 0 Å². The molecule has 1 N–H and O–H groups in total. The molecule has 1 unspecified atom stereocenters. The standard InChI is InChI=1S/C20H22BrN3/c1-14-5-4-6-15(11-14)13-24-10-3-2-7-19(24)20-22-17-9-8-16(21)12-18(17)23-20/h4-6,8-9,11-12,19H,2-3,7,10,13H2,1H3,(H,22,23). The van der Waals surface area contributed by atoms with E-state index in [0.29, 0.717) is 6.04 Å². The molecule has 1 saturated heterocycles. The van der Waals surface area contributed by atoms with Crippen LogP contribution in [0.3, 0.4) is 0 Å². The van der Waals surface area contributed by atoms with Crippen molar-refractivity contribution in [2.75, 3.05) is 6.54 Å². The molecule has 4 heteroatoms. The second kappa shape index (κ2) is 6.69. The highest BCUT2D eigenvalue weighted by Gasteiger charge is 2.26. The molecule has 0 amide bonds. The van der Waals surface area contributed by atoms with Gasteiger partial charge < -0.3 is 4.98 Å². The molecule has 3 aromatic rings. The first-order chi connectivity index (χ1) is 11.7. The molecule has 2 aromatic carbocycles. The lowest BCUT2D eigenvalue weighted by Gasteiger charge is -2.34. The molecule has 24 heavy (non-hydrogen) atoms. The predicted octanol–water partition coefficient (Wildman–Crippen LogP) is 5.36. The van der Waals surface area contributed by atoms with Gasteiger partial charge >= 0.3 is 0 Å². The Kier molecular flexibility index (Phi) is 4.42. The van der Waals surface area contributed by atoms with Gasteiger partial charge in [-0.2, -0.15) is 0 Å². The molecular weight excluding hydrogens is 362 g/mol. The summed E-state index contributed by atoms with van der Waals surface area (Å²) in [6, 6.07) is 15.5. The molecule has 1 atom stereocenters. The van der Waals surface area contributed by atoms with Gasteiger partial charge in [-0.25, -0.2) is 4.98 Å². The van der Waals surface area contributed by atoms with Crippen LogP contribution in [0.25, 0.3) is 11.0 Å². The van der Waals surface area contributed by atoms with Crippen LogP contribution < -0.4 is 0 Å². The van der Waals surface area contributed by atoms with Gasteiger partial charge in [0.2, 0.25) is 0 Å². The number of piperidine rings is 1. The van der Waals surface area contributed by atoms with Gasteiger partial charge in [-0.1, -0.05) is 52.2 Å². The van der Waals surface area contributed by atoms with Gasteiger partial charge in [-0.3, -0.25) is 4.90 Å². The number of aryl methyl sites for hydroxylation is 1. The summed E-state index contributed by atoms with van der Waals surface area (Å²) in [4.78, 5) is 11.0. The smallest absolute Gasteiger partial charge is 0.124 e. The normalized spacial score (nSPS) is 19.0. The molecule has 0 bridgehead atoms. The van der Waals surface area contributed by atoms with Crippen molar-refractivity contribution in [2.45, 2.75) is 38.8 Å². The second-order valence-electron chi connectivity index (χ2n) is 6.75. The maximum atomic E-state index is 4.87. The first-order valence-electron chi connectivity index (χ1n) is 8.64. The van der Waals surface area contributed by atoms with Crippen molar-refractivity contribution in [1.29, 1.82) is 0 Å². The summed E-state index contributed by atoms with van der Waals surface area (Å²) < 4.78 is 1.09. The molecule has 4 rings (SSSR count). The van der Waals surface area contributed by atoms with Crippen LogP contribution in [-0.2, 0) is 6.54 Å². The van der Waals surface area contributed by atoms with Gasteiger partial charge in [-0.05, 0) is 50.1 Å². The van der Waals surface area contributed by atoms with E-state index < -0.39 is 0 Å². The number of aromatic amines is 1. The van der Waals surface area contributed by atoms with Crippen molar-refractivity contribution in [3.8, 4) is 0 Å². The van der Waals surface area contributed by atoms with Crippen LogP contribution in [-0.4, -0.2) is 21.4 Å². The first kappa shape index (κ1) is 15.9. The lowest BCUT2D eigenvalue weighted by atomic mass is 10.00. The highest BCUT2D eigenvalue weighted by molar-refractivity contribution is 9.10. The molecule has 124 valence electrons. The molecule has 0 aliphatic carbocycles. The molecule has 2 heterocycles. The van der Waals surface area contributed by atoms with Crippen molar-refractivity contribution in [3.63, 3.8) is 0 Å². The van der Waals surface area contributed by atoms with E-state index in [2.05, 4.69) is 75.2 Å². The molecule has 1 aromatic heterocycles. The fourth-order valence-corrected chi connectivity index (χ4v) is 4.06. The first-order valence-corrected chi connectivity index (χ1v) is 9.43. The fraction of sp³-hybridized carbons (Fsp3) is 0.350.